The van der Waals surface area contributed by atoms with Gasteiger partial charge in [-0.3, -0.25) is 23.5 Å². The van der Waals surface area contributed by atoms with Crippen molar-refractivity contribution in [2.75, 3.05) is 19.7 Å². The Morgan fingerprint density at radius 2 is 2.15 bits per heavy atom. The highest BCUT2D eigenvalue weighted by Crippen LogP contribution is 2.20. The number of carbonyl (C=O) groups is 1. The molecule has 0 spiro atoms. The monoisotopic (exact) mass is 377 g/mol. The van der Waals surface area contributed by atoms with Crippen LogP contribution in [0.1, 0.15) is 26.6 Å². The Morgan fingerprint density at radius 1 is 1.38 bits per heavy atom. The molecule has 0 fully saturated rings. The highest BCUT2D eigenvalue weighted by molar-refractivity contribution is 7.17. The zero-order valence-electron chi connectivity index (χ0n) is 15.4. The maximum Gasteiger partial charge on any atom is 0.320 e. The summed E-state index contributed by atoms with van der Waals surface area (Å²) in [7, 11) is 1.69. The molecule has 0 saturated heterocycles. The first-order valence-electron chi connectivity index (χ1n) is 8.60. The Kier molecular flexibility index (Phi) is 5.38. The normalized spacial score (nSPS) is 11.9. The number of hydrogen-bond acceptors (Lipinski definition) is 7. The van der Waals surface area contributed by atoms with Crippen LogP contribution < -0.4 is 5.56 Å². The smallest absolute Gasteiger partial charge is 0.320 e. The third kappa shape index (κ3) is 3.49. The number of thiophene rings is 1. The van der Waals surface area contributed by atoms with Crippen molar-refractivity contribution in [3.8, 4) is 0 Å². The fourth-order valence-corrected chi connectivity index (χ4v) is 3.90. The Morgan fingerprint density at radius 3 is 2.85 bits per heavy atom. The number of ether oxygens (including phenoxy) is 1. The minimum absolute atomic E-state index is 0.0768. The number of aryl methyl sites for hydroxylation is 1. The summed E-state index contributed by atoms with van der Waals surface area (Å²) in [4.78, 5) is 26.4. The molecule has 3 rings (SSSR count). The van der Waals surface area contributed by atoms with Crippen molar-refractivity contribution in [1.29, 1.82) is 0 Å². The van der Waals surface area contributed by atoms with Gasteiger partial charge in [-0.1, -0.05) is 13.8 Å². The minimum atomic E-state index is -0.255. The average Bonchev–Trinajstić information content (AvgIpc) is 3.19. The first-order chi connectivity index (χ1) is 12.4. The summed E-state index contributed by atoms with van der Waals surface area (Å²) >= 11 is 1.40. The van der Waals surface area contributed by atoms with E-state index in [1.54, 1.807) is 14.0 Å². The summed E-state index contributed by atoms with van der Waals surface area (Å²) < 4.78 is 9.16. The highest BCUT2D eigenvalue weighted by Gasteiger charge is 2.20. The van der Waals surface area contributed by atoms with Crippen LogP contribution in [0.15, 0.2) is 16.2 Å². The molecule has 0 saturated carbocycles. The maximum atomic E-state index is 12.4. The number of hydrogen-bond donors (Lipinski definition) is 0. The van der Waals surface area contributed by atoms with Crippen LogP contribution in [0, 0.1) is 5.92 Å². The number of rotatable bonds is 7. The molecule has 0 aromatic carbocycles. The number of nitrogens with zero attached hydrogens (tertiary/aromatic N) is 5. The van der Waals surface area contributed by atoms with Crippen molar-refractivity contribution in [2.24, 2.45) is 13.0 Å². The van der Waals surface area contributed by atoms with Gasteiger partial charge in [0, 0.05) is 13.6 Å². The van der Waals surface area contributed by atoms with Gasteiger partial charge in [-0.15, -0.1) is 21.5 Å². The molecule has 9 heteroatoms. The van der Waals surface area contributed by atoms with Gasteiger partial charge in [0.05, 0.1) is 25.2 Å². The molecule has 0 N–H and O–H groups in total. The van der Waals surface area contributed by atoms with Crippen molar-refractivity contribution in [1.82, 2.24) is 24.1 Å². The predicted octanol–water partition coefficient (Wildman–Crippen LogP) is 1.66. The fraction of sp³-hybridized carbons (Fsp3) is 0.529. The lowest BCUT2D eigenvalue weighted by Gasteiger charge is -2.22. The van der Waals surface area contributed by atoms with E-state index in [2.05, 4.69) is 24.0 Å². The van der Waals surface area contributed by atoms with Crippen LogP contribution in [0.25, 0.3) is 16.0 Å². The van der Waals surface area contributed by atoms with Gasteiger partial charge in [0.25, 0.3) is 5.56 Å². The van der Waals surface area contributed by atoms with Gasteiger partial charge in [-0.05, 0) is 24.3 Å². The summed E-state index contributed by atoms with van der Waals surface area (Å²) in [5.41, 5.74) is 0.723. The van der Waals surface area contributed by atoms with Crippen molar-refractivity contribution >= 4 is 33.3 Å². The second-order valence-electron chi connectivity index (χ2n) is 6.62. The predicted molar refractivity (Wildman–Crippen MR) is 100 cm³/mol. The summed E-state index contributed by atoms with van der Waals surface area (Å²) in [5, 5.41) is 10.4. The summed E-state index contributed by atoms with van der Waals surface area (Å²) in [6.07, 6.45) is 0. The van der Waals surface area contributed by atoms with Crippen LogP contribution in [0.4, 0.5) is 0 Å². The highest BCUT2D eigenvalue weighted by atomic mass is 32.1. The zero-order chi connectivity index (χ0) is 18.8. The van der Waals surface area contributed by atoms with E-state index in [4.69, 9.17) is 4.74 Å². The minimum Gasteiger partial charge on any atom is -0.465 e. The quantitative estimate of drug-likeness (QED) is 0.583. The number of aromatic nitrogens is 4. The van der Waals surface area contributed by atoms with Crippen LogP contribution in [0.2, 0.25) is 0 Å². The van der Waals surface area contributed by atoms with Crippen molar-refractivity contribution < 1.29 is 9.53 Å². The molecule has 26 heavy (non-hydrogen) atoms. The Balaban J connectivity index is 2.01. The van der Waals surface area contributed by atoms with Gasteiger partial charge in [-0.2, -0.15) is 0 Å². The first-order valence-corrected chi connectivity index (χ1v) is 9.48. The lowest BCUT2D eigenvalue weighted by atomic mass is 10.2. The molecule has 0 aliphatic rings. The molecule has 0 aliphatic carbocycles. The molecule has 140 valence electrons. The third-order valence-electron chi connectivity index (χ3n) is 4.04. The van der Waals surface area contributed by atoms with Crippen molar-refractivity contribution in [2.45, 2.75) is 27.3 Å². The third-order valence-corrected chi connectivity index (χ3v) is 4.94. The van der Waals surface area contributed by atoms with Crippen molar-refractivity contribution in [3.63, 3.8) is 0 Å². The second kappa shape index (κ2) is 7.55. The standard InChI is InChI=1S/C17H23N5O3S/c1-5-25-14(23)10-21(8-11(2)3)9-13-18-19-17-20(4)16(24)15-12(22(13)17)6-7-26-15/h6-7,11H,5,8-10H2,1-4H3. The van der Waals surface area contributed by atoms with E-state index in [-0.39, 0.29) is 18.1 Å². The van der Waals surface area contributed by atoms with E-state index in [9.17, 15) is 9.59 Å². The number of esters is 1. The summed E-state index contributed by atoms with van der Waals surface area (Å²) in [6, 6.07) is 1.90. The molecule has 0 unspecified atom stereocenters. The maximum absolute atomic E-state index is 12.4. The van der Waals surface area contributed by atoms with E-state index in [1.165, 1.54) is 15.9 Å². The molecule has 0 aliphatic heterocycles. The van der Waals surface area contributed by atoms with Crippen LogP contribution in [0.3, 0.4) is 0 Å². The zero-order valence-corrected chi connectivity index (χ0v) is 16.2. The SMILES string of the molecule is CCOC(=O)CN(Cc1nnc2n(C)c(=O)c3sccc3n12)CC(C)C. The number of fused-ring (bicyclic) bond motifs is 3. The van der Waals surface area contributed by atoms with Crippen LogP contribution in [-0.4, -0.2) is 49.7 Å². The molecule has 0 radical (unpaired) electrons. The average molecular weight is 377 g/mol. The molecule has 3 aromatic heterocycles. The molecular weight excluding hydrogens is 354 g/mol. The van der Waals surface area contributed by atoms with Gasteiger partial charge in [0.2, 0.25) is 5.78 Å². The Hall–Kier alpha value is -2.26. The topological polar surface area (TPSA) is 81.7 Å². The molecule has 0 amide bonds. The van der Waals surface area contributed by atoms with Gasteiger partial charge >= 0.3 is 5.97 Å². The summed E-state index contributed by atoms with van der Waals surface area (Å²) in [6.45, 7) is 7.72. The van der Waals surface area contributed by atoms with Gasteiger partial charge < -0.3 is 4.74 Å². The molecule has 0 bridgehead atoms. The molecular formula is C17H23N5O3S. The molecule has 0 atom stereocenters. The summed E-state index contributed by atoms with van der Waals surface area (Å²) in [5.74, 6) is 1.32. The second-order valence-corrected chi connectivity index (χ2v) is 7.54. The fourth-order valence-electron chi connectivity index (χ4n) is 3.05. The molecule has 3 heterocycles. The van der Waals surface area contributed by atoms with E-state index in [1.807, 2.05) is 20.7 Å². The first kappa shape index (κ1) is 18.5. The van der Waals surface area contributed by atoms with E-state index in [0.717, 1.165) is 12.1 Å². The van der Waals surface area contributed by atoms with Crippen LogP contribution in [0.5, 0.6) is 0 Å². The van der Waals surface area contributed by atoms with E-state index in [0.29, 0.717) is 35.4 Å². The van der Waals surface area contributed by atoms with Gasteiger partial charge in [0.1, 0.15) is 4.70 Å². The lowest BCUT2D eigenvalue weighted by molar-refractivity contribution is -0.144. The number of carbonyl (C=O) groups excluding carboxylic acids is 1. The molecule has 3 aromatic rings. The van der Waals surface area contributed by atoms with Crippen LogP contribution >= 0.6 is 11.3 Å². The van der Waals surface area contributed by atoms with E-state index < -0.39 is 0 Å². The largest absolute Gasteiger partial charge is 0.465 e. The lowest BCUT2D eigenvalue weighted by Crippen LogP contribution is -2.34. The van der Waals surface area contributed by atoms with Gasteiger partial charge in [0.15, 0.2) is 5.82 Å². The van der Waals surface area contributed by atoms with Gasteiger partial charge in [-0.25, -0.2) is 0 Å². The Bertz CT molecular complexity index is 988. The van der Waals surface area contributed by atoms with Crippen LogP contribution in [-0.2, 0) is 23.1 Å². The van der Waals surface area contributed by atoms with E-state index >= 15 is 0 Å². The Labute approximate surface area is 155 Å². The molecule has 8 nitrogen and oxygen atoms in total. The van der Waals surface area contributed by atoms with Crippen molar-refractivity contribution in [3.05, 3.63) is 27.6 Å².